The molecule has 2 heterocycles. The molecule has 2 aromatic rings. The first-order chi connectivity index (χ1) is 7.09. The minimum atomic E-state index is 0.396. The third kappa shape index (κ3) is 1.72. The molecule has 0 spiro atoms. The predicted octanol–water partition coefficient (Wildman–Crippen LogP) is 2.15. The molecular formula is C10H11ClN4. The summed E-state index contributed by atoms with van der Waals surface area (Å²) < 4.78 is 1.87. The van der Waals surface area contributed by atoms with E-state index >= 15 is 0 Å². The van der Waals surface area contributed by atoms with Gasteiger partial charge >= 0.3 is 0 Å². The van der Waals surface area contributed by atoms with Gasteiger partial charge < -0.3 is 4.57 Å². The van der Waals surface area contributed by atoms with Gasteiger partial charge in [0.1, 0.15) is 5.69 Å². The minimum Gasteiger partial charge on any atom is -0.333 e. The molecule has 78 valence electrons. The van der Waals surface area contributed by atoms with Gasteiger partial charge in [-0.05, 0) is 13.8 Å². The molecule has 4 nitrogen and oxygen atoms in total. The summed E-state index contributed by atoms with van der Waals surface area (Å²) in [5.41, 5.74) is 2.35. The zero-order chi connectivity index (χ0) is 11.0. The maximum atomic E-state index is 6.04. The third-order valence-electron chi connectivity index (χ3n) is 2.30. The molecule has 2 aromatic heterocycles. The zero-order valence-corrected chi connectivity index (χ0v) is 9.58. The van der Waals surface area contributed by atoms with Crippen molar-refractivity contribution >= 4 is 11.6 Å². The predicted molar refractivity (Wildman–Crippen MR) is 58.7 cm³/mol. The summed E-state index contributed by atoms with van der Waals surface area (Å²) in [6, 6.07) is 0. The lowest BCUT2D eigenvalue weighted by Crippen LogP contribution is -2.00. The maximum Gasteiger partial charge on any atom is 0.161 e. The van der Waals surface area contributed by atoms with Gasteiger partial charge in [-0.2, -0.15) is 0 Å². The molecule has 0 amide bonds. The van der Waals surface area contributed by atoms with Crippen LogP contribution < -0.4 is 0 Å². The Bertz CT molecular complexity index is 504. The molecule has 0 aromatic carbocycles. The van der Waals surface area contributed by atoms with Crippen molar-refractivity contribution in [1.29, 1.82) is 0 Å². The highest BCUT2D eigenvalue weighted by Crippen LogP contribution is 2.23. The van der Waals surface area contributed by atoms with Crippen molar-refractivity contribution in [2.75, 3.05) is 0 Å². The number of aromatic nitrogens is 4. The van der Waals surface area contributed by atoms with E-state index in [0.717, 1.165) is 17.2 Å². The number of hydrogen-bond donors (Lipinski definition) is 0. The standard InChI is InChI=1S/C10H11ClN4/c1-6-7(2)14-9(11)8(13-6)10-12-4-5-15(10)3/h4-5H,1-3H3. The van der Waals surface area contributed by atoms with Gasteiger partial charge in [0.2, 0.25) is 0 Å². The summed E-state index contributed by atoms with van der Waals surface area (Å²) in [7, 11) is 1.90. The fourth-order valence-corrected chi connectivity index (χ4v) is 1.57. The fourth-order valence-electron chi connectivity index (χ4n) is 1.31. The molecular weight excluding hydrogens is 212 g/mol. The van der Waals surface area contributed by atoms with Crippen LogP contribution in [0.5, 0.6) is 0 Å². The molecule has 0 fully saturated rings. The van der Waals surface area contributed by atoms with Crippen LogP contribution in [0.3, 0.4) is 0 Å². The molecule has 0 saturated carbocycles. The molecule has 2 rings (SSSR count). The zero-order valence-electron chi connectivity index (χ0n) is 8.82. The fraction of sp³-hybridized carbons (Fsp3) is 0.300. The first-order valence-electron chi connectivity index (χ1n) is 4.58. The van der Waals surface area contributed by atoms with E-state index < -0.39 is 0 Å². The first-order valence-corrected chi connectivity index (χ1v) is 4.96. The average Bonchev–Trinajstić information content (AvgIpc) is 2.58. The molecule has 15 heavy (non-hydrogen) atoms. The minimum absolute atomic E-state index is 0.396. The van der Waals surface area contributed by atoms with E-state index in [1.165, 1.54) is 0 Å². The van der Waals surface area contributed by atoms with Crippen molar-refractivity contribution in [1.82, 2.24) is 19.5 Å². The van der Waals surface area contributed by atoms with Crippen LogP contribution in [0.2, 0.25) is 5.15 Å². The molecule has 0 saturated heterocycles. The molecule has 0 unspecified atom stereocenters. The first kappa shape index (κ1) is 10.1. The van der Waals surface area contributed by atoms with Gasteiger partial charge in [0, 0.05) is 19.4 Å². The van der Waals surface area contributed by atoms with E-state index in [2.05, 4.69) is 15.0 Å². The Kier molecular flexibility index (Phi) is 2.44. The third-order valence-corrected chi connectivity index (χ3v) is 2.56. The number of imidazole rings is 1. The lowest BCUT2D eigenvalue weighted by Gasteiger charge is -2.06. The number of rotatable bonds is 1. The second-order valence-electron chi connectivity index (χ2n) is 3.40. The van der Waals surface area contributed by atoms with Crippen LogP contribution in [-0.4, -0.2) is 19.5 Å². The van der Waals surface area contributed by atoms with E-state index in [1.807, 2.05) is 31.7 Å². The second kappa shape index (κ2) is 3.62. The van der Waals surface area contributed by atoms with Gasteiger partial charge in [-0.15, -0.1) is 0 Å². The number of hydrogen-bond acceptors (Lipinski definition) is 3. The Morgan fingerprint density at radius 3 is 2.47 bits per heavy atom. The van der Waals surface area contributed by atoms with Gasteiger partial charge in [-0.1, -0.05) is 11.6 Å². The van der Waals surface area contributed by atoms with E-state index in [9.17, 15) is 0 Å². The smallest absolute Gasteiger partial charge is 0.161 e. The van der Waals surface area contributed by atoms with Gasteiger partial charge in [0.25, 0.3) is 0 Å². The molecule has 0 aliphatic heterocycles. The molecule has 0 bridgehead atoms. The number of nitrogens with zero attached hydrogens (tertiary/aromatic N) is 4. The molecule has 0 radical (unpaired) electrons. The quantitative estimate of drug-likeness (QED) is 0.743. The topological polar surface area (TPSA) is 43.6 Å². The van der Waals surface area contributed by atoms with Crippen LogP contribution in [0, 0.1) is 13.8 Å². The highest BCUT2D eigenvalue weighted by molar-refractivity contribution is 6.31. The van der Waals surface area contributed by atoms with Crippen LogP contribution in [0.25, 0.3) is 11.5 Å². The Morgan fingerprint density at radius 2 is 1.87 bits per heavy atom. The molecule has 0 aliphatic rings. The summed E-state index contributed by atoms with van der Waals surface area (Å²) in [5, 5.41) is 0.396. The van der Waals surface area contributed by atoms with Crippen molar-refractivity contribution in [2.45, 2.75) is 13.8 Å². The maximum absolute atomic E-state index is 6.04. The van der Waals surface area contributed by atoms with Crippen molar-refractivity contribution in [3.05, 3.63) is 28.9 Å². The average molecular weight is 223 g/mol. The van der Waals surface area contributed by atoms with E-state index in [-0.39, 0.29) is 0 Å². The monoisotopic (exact) mass is 222 g/mol. The summed E-state index contributed by atoms with van der Waals surface area (Å²) in [6.45, 7) is 3.79. The van der Waals surface area contributed by atoms with E-state index in [0.29, 0.717) is 10.8 Å². The Labute approximate surface area is 93.0 Å². The SMILES string of the molecule is Cc1nc(Cl)c(-c2nccn2C)nc1C. The highest BCUT2D eigenvalue weighted by Gasteiger charge is 2.12. The summed E-state index contributed by atoms with van der Waals surface area (Å²) in [6.07, 6.45) is 3.56. The summed E-state index contributed by atoms with van der Waals surface area (Å²) >= 11 is 6.04. The van der Waals surface area contributed by atoms with Crippen LogP contribution in [0.15, 0.2) is 12.4 Å². The van der Waals surface area contributed by atoms with Gasteiger partial charge in [-0.3, -0.25) is 0 Å². The molecule has 5 heteroatoms. The van der Waals surface area contributed by atoms with Crippen LogP contribution in [0.4, 0.5) is 0 Å². The van der Waals surface area contributed by atoms with Crippen molar-refractivity contribution < 1.29 is 0 Å². The number of halogens is 1. The van der Waals surface area contributed by atoms with Crippen molar-refractivity contribution in [3.63, 3.8) is 0 Å². The molecule has 0 N–H and O–H groups in total. The normalized spacial score (nSPS) is 10.7. The Balaban J connectivity index is 2.64. The van der Waals surface area contributed by atoms with Gasteiger partial charge in [-0.25, -0.2) is 15.0 Å². The van der Waals surface area contributed by atoms with Gasteiger partial charge in [0.15, 0.2) is 11.0 Å². The largest absolute Gasteiger partial charge is 0.333 e. The lowest BCUT2D eigenvalue weighted by molar-refractivity contribution is 0.908. The number of aryl methyl sites for hydroxylation is 3. The van der Waals surface area contributed by atoms with Crippen LogP contribution >= 0.6 is 11.6 Å². The summed E-state index contributed by atoms with van der Waals surface area (Å²) in [5.74, 6) is 0.732. The van der Waals surface area contributed by atoms with Crippen molar-refractivity contribution in [3.8, 4) is 11.5 Å². The molecule has 0 aliphatic carbocycles. The second-order valence-corrected chi connectivity index (χ2v) is 3.75. The Hall–Kier alpha value is -1.42. The lowest BCUT2D eigenvalue weighted by atomic mass is 10.3. The Morgan fingerprint density at radius 1 is 1.20 bits per heavy atom. The van der Waals surface area contributed by atoms with Crippen LogP contribution in [0.1, 0.15) is 11.4 Å². The van der Waals surface area contributed by atoms with Crippen molar-refractivity contribution in [2.24, 2.45) is 7.05 Å². The highest BCUT2D eigenvalue weighted by atomic mass is 35.5. The summed E-state index contributed by atoms with van der Waals surface area (Å²) in [4.78, 5) is 12.8. The molecule has 0 atom stereocenters. The van der Waals surface area contributed by atoms with Gasteiger partial charge in [0.05, 0.1) is 11.4 Å². The van der Waals surface area contributed by atoms with E-state index in [4.69, 9.17) is 11.6 Å². The van der Waals surface area contributed by atoms with E-state index in [1.54, 1.807) is 6.20 Å². The van der Waals surface area contributed by atoms with Crippen LogP contribution in [-0.2, 0) is 7.05 Å².